The molecular formula is C12H21N5. The van der Waals surface area contributed by atoms with Crippen molar-refractivity contribution in [2.45, 2.75) is 12.5 Å². The third kappa shape index (κ3) is 3.39. The second kappa shape index (κ2) is 5.95. The van der Waals surface area contributed by atoms with E-state index in [-0.39, 0.29) is 0 Å². The number of nitrogen functional groups attached to an aromatic ring is 1. The fourth-order valence-corrected chi connectivity index (χ4v) is 2.34. The molecule has 2 heterocycles. The van der Waals surface area contributed by atoms with Gasteiger partial charge in [-0.25, -0.2) is 4.98 Å². The Morgan fingerprint density at radius 1 is 1.41 bits per heavy atom. The third-order valence-corrected chi connectivity index (χ3v) is 3.19. The van der Waals surface area contributed by atoms with E-state index in [1.54, 1.807) is 0 Å². The van der Waals surface area contributed by atoms with Crippen LogP contribution in [-0.2, 0) is 6.42 Å². The van der Waals surface area contributed by atoms with E-state index in [1.807, 2.05) is 18.2 Å². The van der Waals surface area contributed by atoms with Crippen LogP contribution in [0.15, 0.2) is 18.2 Å². The van der Waals surface area contributed by atoms with E-state index in [4.69, 9.17) is 11.5 Å². The molecule has 2 rings (SSSR count). The summed E-state index contributed by atoms with van der Waals surface area (Å²) in [6.45, 7) is 3.58. The Kier molecular flexibility index (Phi) is 4.30. The van der Waals surface area contributed by atoms with Crippen molar-refractivity contribution in [1.29, 1.82) is 0 Å². The van der Waals surface area contributed by atoms with Crippen molar-refractivity contribution in [1.82, 2.24) is 15.6 Å². The molecule has 0 bridgehead atoms. The molecule has 2 atom stereocenters. The van der Waals surface area contributed by atoms with Gasteiger partial charge >= 0.3 is 0 Å². The molecule has 1 aliphatic rings. The van der Waals surface area contributed by atoms with Gasteiger partial charge in [0.05, 0.1) is 0 Å². The molecule has 0 unspecified atom stereocenters. The van der Waals surface area contributed by atoms with Crippen LogP contribution >= 0.6 is 0 Å². The van der Waals surface area contributed by atoms with Gasteiger partial charge in [0.1, 0.15) is 5.82 Å². The highest BCUT2D eigenvalue weighted by Crippen LogP contribution is 2.15. The molecule has 1 aliphatic heterocycles. The maximum atomic E-state index is 5.69. The topological polar surface area (TPSA) is 89.0 Å². The smallest absolute Gasteiger partial charge is 0.123 e. The van der Waals surface area contributed by atoms with Crippen LogP contribution in [0.2, 0.25) is 0 Å². The van der Waals surface area contributed by atoms with Gasteiger partial charge in [-0.1, -0.05) is 6.07 Å². The summed E-state index contributed by atoms with van der Waals surface area (Å²) in [5, 5.41) is 6.87. The summed E-state index contributed by atoms with van der Waals surface area (Å²) in [5.74, 6) is 1.16. The molecule has 6 N–H and O–H groups in total. The van der Waals surface area contributed by atoms with Gasteiger partial charge in [0.25, 0.3) is 0 Å². The van der Waals surface area contributed by atoms with Crippen LogP contribution in [0.4, 0.5) is 5.82 Å². The van der Waals surface area contributed by atoms with Crippen LogP contribution in [0.25, 0.3) is 0 Å². The number of aromatic nitrogens is 1. The summed E-state index contributed by atoms with van der Waals surface area (Å²) in [6.07, 6.45) is 0.959. The first-order valence-electron chi connectivity index (χ1n) is 6.15. The lowest BCUT2D eigenvalue weighted by molar-refractivity contribution is 0.426. The van der Waals surface area contributed by atoms with E-state index < -0.39 is 0 Å². The second-order valence-electron chi connectivity index (χ2n) is 4.53. The van der Waals surface area contributed by atoms with Crippen molar-refractivity contribution in [3.63, 3.8) is 0 Å². The lowest BCUT2D eigenvalue weighted by Gasteiger charge is -2.19. The lowest BCUT2D eigenvalue weighted by Crippen LogP contribution is -2.39. The normalized spacial score (nSPS) is 24.1. The second-order valence-corrected chi connectivity index (χ2v) is 4.53. The number of hydrogen-bond donors (Lipinski definition) is 4. The van der Waals surface area contributed by atoms with E-state index in [0.717, 1.165) is 31.7 Å². The summed E-state index contributed by atoms with van der Waals surface area (Å²) in [4.78, 5) is 4.35. The maximum absolute atomic E-state index is 5.69. The van der Waals surface area contributed by atoms with Crippen molar-refractivity contribution in [2.75, 3.05) is 31.9 Å². The van der Waals surface area contributed by atoms with E-state index in [1.165, 1.54) is 0 Å². The number of anilines is 1. The lowest BCUT2D eigenvalue weighted by atomic mass is 9.97. The zero-order valence-corrected chi connectivity index (χ0v) is 10.0. The molecule has 0 radical (unpaired) electrons. The molecule has 5 nitrogen and oxygen atoms in total. The predicted octanol–water partition coefficient (Wildman–Crippen LogP) is -0.657. The Morgan fingerprint density at radius 2 is 2.29 bits per heavy atom. The van der Waals surface area contributed by atoms with Gasteiger partial charge in [0.2, 0.25) is 0 Å². The third-order valence-electron chi connectivity index (χ3n) is 3.19. The van der Waals surface area contributed by atoms with Crippen LogP contribution < -0.4 is 22.1 Å². The Bertz CT molecular complexity index is 355. The molecule has 0 aliphatic carbocycles. The van der Waals surface area contributed by atoms with Gasteiger partial charge in [-0.05, 0) is 31.0 Å². The zero-order valence-electron chi connectivity index (χ0n) is 10.0. The Morgan fingerprint density at radius 3 is 3.06 bits per heavy atom. The Balaban J connectivity index is 1.93. The molecule has 0 saturated carbocycles. The molecule has 1 fully saturated rings. The average Bonchev–Trinajstić information content (AvgIpc) is 2.74. The minimum atomic E-state index is 0.488. The molecule has 0 amide bonds. The number of nitrogens with zero attached hydrogens (tertiary/aromatic N) is 1. The monoisotopic (exact) mass is 235 g/mol. The van der Waals surface area contributed by atoms with Gasteiger partial charge < -0.3 is 22.1 Å². The summed E-state index contributed by atoms with van der Waals surface area (Å²) in [5.41, 5.74) is 12.3. The number of hydrogen-bond acceptors (Lipinski definition) is 5. The van der Waals surface area contributed by atoms with Crippen LogP contribution in [0, 0.1) is 5.92 Å². The number of nitrogens with two attached hydrogens (primary N) is 2. The van der Waals surface area contributed by atoms with Gasteiger partial charge in [-0.3, -0.25) is 0 Å². The van der Waals surface area contributed by atoms with Crippen LogP contribution in [-0.4, -0.2) is 37.2 Å². The minimum Gasteiger partial charge on any atom is -0.384 e. The molecule has 0 spiro atoms. The van der Waals surface area contributed by atoms with Gasteiger partial charge in [0.15, 0.2) is 0 Å². The zero-order chi connectivity index (χ0) is 12.1. The van der Waals surface area contributed by atoms with Crippen LogP contribution in [0.3, 0.4) is 0 Å². The molecule has 17 heavy (non-hydrogen) atoms. The van der Waals surface area contributed by atoms with Gasteiger partial charge in [0, 0.05) is 31.4 Å². The maximum Gasteiger partial charge on any atom is 0.123 e. The quantitative estimate of drug-likeness (QED) is 0.544. The van der Waals surface area contributed by atoms with E-state index in [0.29, 0.717) is 24.3 Å². The first-order chi connectivity index (χ1) is 8.29. The Labute approximate surface area is 102 Å². The van der Waals surface area contributed by atoms with Gasteiger partial charge in [-0.2, -0.15) is 0 Å². The fourth-order valence-electron chi connectivity index (χ4n) is 2.34. The van der Waals surface area contributed by atoms with Crippen LogP contribution in [0.1, 0.15) is 5.69 Å². The first-order valence-corrected chi connectivity index (χ1v) is 6.15. The predicted molar refractivity (Wildman–Crippen MR) is 69.6 cm³/mol. The van der Waals surface area contributed by atoms with E-state index in [2.05, 4.69) is 15.6 Å². The van der Waals surface area contributed by atoms with Gasteiger partial charge in [-0.15, -0.1) is 0 Å². The highest BCUT2D eigenvalue weighted by atomic mass is 15.0. The molecule has 0 aromatic carbocycles. The number of pyridine rings is 1. The molecule has 1 saturated heterocycles. The number of nitrogens with one attached hydrogen (secondary N) is 2. The van der Waals surface area contributed by atoms with E-state index >= 15 is 0 Å². The van der Waals surface area contributed by atoms with Crippen molar-refractivity contribution >= 4 is 5.82 Å². The molecule has 94 valence electrons. The van der Waals surface area contributed by atoms with Crippen molar-refractivity contribution in [3.8, 4) is 0 Å². The van der Waals surface area contributed by atoms with Crippen molar-refractivity contribution in [2.24, 2.45) is 11.7 Å². The first kappa shape index (κ1) is 12.3. The molecule has 5 heteroatoms. The minimum absolute atomic E-state index is 0.488. The van der Waals surface area contributed by atoms with Crippen molar-refractivity contribution < 1.29 is 0 Å². The summed E-state index contributed by atoms with van der Waals surface area (Å²) >= 11 is 0. The molecular weight excluding hydrogens is 214 g/mol. The SMILES string of the molecule is NCCN[C@H]1CNC[C@H]1Cc1cccc(N)n1. The molecule has 1 aromatic heterocycles. The highest BCUT2D eigenvalue weighted by molar-refractivity contribution is 5.29. The summed E-state index contributed by atoms with van der Waals surface area (Å²) in [6, 6.07) is 6.30. The standard InChI is InChI=1S/C12H21N5/c13-4-5-16-11-8-15-7-9(11)6-10-2-1-3-12(14)17-10/h1-3,9,11,15-16H,4-8,13H2,(H2,14,17)/t9-,11+/m1/s1. The Hall–Kier alpha value is -1.17. The van der Waals surface area contributed by atoms with E-state index in [9.17, 15) is 0 Å². The molecule has 1 aromatic rings. The van der Waals surface area contributed by atoms with Crippen molar-refractivity contribution in [3.05, 3.63) is 23.9 Å². The van der Waals surface area contributed by atoms with Crippen LogP contribution in [0.5, 0.6) is 0 Å². The fraction of sp³-hybridized carbons (Fsp3) is 0.583. The number of rotatable bonds is 5. The average molecular weight is 235 g/mol. The highest BCUT2D eigenvalue weighted by Gasteiger charge is 2.26. The largest absolute Gasteiger partial charge is 0.384 e. The summed E-state index contributed by atoms with van der Waals surface area (Å²) in [7, 11) is 0. The summed E-state index contributed by atoms with van der Waals surface area (Å²) < 4.78 is 0.